The van der Waals surface area contributed by atoms with Gasteiger partial charge in [0.15, 0.2) is 5.65 Å². The molecule has 4 aromatic heterocycles. The lowest BCUT2D eigenvalue weighted by Crippen LogP contribution is -2.57. The number of nitrogen functional groups attached to an aromatic ring is 1. The van der Waals surface area contributed by atoms with E-state index in [0.29, 0.717) is 86.9 Å². The molecule has 2 saturated heterocycles. The number of benzene rings is 2. The summed E-state index contributed by atoms with van der Waals surface area (Å²) in [5.74, 6) is -0.339. The molecule has 3 amide bonds. The minimum Gasteiger partial charge on any atom is -0.391 e. The van der Waals surface area contributed by atoms with Crippen molar-refractivity contribution in [3.05, 3.63) is 101 Å². The highest BCUT2D eigenvalue weighted by atomic mass is 32.1. The van der Waals surface area contributed by atoms with Crippen molar-refractivity contribution in [3.63, 3.8) is 0 Å². The van der Waals surface area contributed by atoms with Gasteiger partial charge in [0, 0.05) is 76.5 Å². The van der Waals surface area contributed by atoms with E-state index in [1.54, 1.807) is 29.7 Å². The Kier molecular flexibility index (Phi) is 19.1. The van der Waals surface area contributed by atoms with Gasteiger partial charge in [-0.3, -0.25) is 23.9 Å². The number of ether oxygens (including phenoxy) is 4. The van der Waals surface area contributed by atoms with Crippen molar-refractivity contribution >= 4 is 51.7 Å². The molecule has 0 bridgehead atoms. The number of likely N-dealkylation sites (tertiary alicyclic amines) is 1. The first kappa shape index (κ1) is 55.8. The second kappa shape index (κ2) is 26.1. The molecule has 6 aromatic rings. The van der Waals surface area contributed by atoms with E-state index in [1.165, 1.54) is 4.90 Å². The SMILES string of the molecule is Cc1ncsc1-c1ccc(CNC(=O)[C@@H]2CC(O)CN2C(=O)[C@@H](NC(=O)CCOCCOCCOCCOCCN2CCN(c3ccc(-n4c(C)nc5ccc(-c6ccnc(N)c6)nc54)cc3F)CC2)C(C)(C)C)cc1. The number of amides is 3. The molecule has 3 atom stereocenters. The number of pyridine rings is 2. The van der Waals surface area contributed by atoms with Crippen LogP contribution in [0.5, 0.6) is 0 Å². The van der Waals surface area contributed by atoms with Gasteiger partial charge in [-0.1, -0.05) is 45.0 Å². The summed E-state index contributed by atoms with van der Waals surface area (Å²) in [6.07, 6.45) is 0.911. The Hall–Kier alpha value is -6.46. The van der Waals surface area contributed by atoms with Crippen molar-refractivity contribution in [2.24, 2.45) is 5.41 Å². The second-order valence-corrected chi connectivity index (χ2v) is 21.0. The van der Waals surface area contributed by atoms with Crippen LogP contribution in [0, 0.1) is 25.1 Å². The molecule has 5 N–H and O–H groups in total. The van der Waals surface area contributed by atoms with Gasteiger partial charge in [0.1, 0.15) is 35.1 Å². The lowest BCUT2D eigenvalue weighted by Gasteiger charge is -2.36. The summed E-state index contributed by atoms with van der Waals surface area (Å²) in [7, 11) is 0. The van der Waals surface area contributed by atoms with E-state index in [-0.39, 0.29) is 56.8 Å². The number of aliphatic hydroxyl groups is 1. The van der Waals surface area contributed by atoms with Crippen LogP contribution in [0.3, 0.4) is 0 Å². The number of aromatic nitrogens is 5. The zero-order valence-electron chi connectivity index (χ0n) is 44.0. The predicted molar refractivity (Wildman–Crippen MR) is 289 cm³/mol. The van der Waals surface area contributed by atoms with Crippen molar-refractivity contribution in [1.29, 1.82) is 0 Å². The van der Waals surface area contributed by atoms with E-state index >= 15 is 4.39 Å². The van der Waals surface area contributed by atoms with Crippen LogP contribution < -0.4 is 21.3 Å². The number of piperazine rings is 1. The summed E-state index contributed by atoms with van der Waals surface area (Å²) < 4.78 is 40.3. The van der Waals surface area contributed by atoms with Gasteiger partial charge in [-0.25, -0.2) is 24.3 Å². The average Bonchev–Trinajstić information content (AvgIpc) is 4.17. The number of hydrogen-bond acceptors (Lipinski definition) is 16. The molecule has 76 heavy (non-hydrogen) atoms. The number of nitrogens with one attached hydrogen (secondary N) is 2. The Morgan fingerprint density at radius 2 is 1.54 bits per heavy atom. The number of carbonyl (C=O) groups excluding carboxylic acids is 3. The molecule has 0 saturated carbocycles. The van der Waals surface area contributed by atoms with Crippen LogP contribution in [0.25, 0.3) is 38.5 Å². The molecule has 406 valence electrons. The van der Waals surface area contributed by atoms with Crippen LogP contribution in [-0.4, -0.2) is 167 Å². The quantitative estimate of drug-likeness (QED) is 0.0563. The average molecular weight is 1060 g/mol. The van der Waals surface area contributed by atoms with Gasteiger partial charge >= 0.3 is 0 Å². The molecule has 2 aromatic carbocycles. The first-order chi connectivity index (χ1) is 36.6. The highest BCUT2D eigenvalue weighted by Gasteiger charge is 2.44. The molecule has 0 radical (unpaired) electrons. The van der Waals surface area contributed by atoms with Crippen LogP contribution in [0.4, 0.5) is 15.9 Å². The lowest BCUT2D eigenvalue weighted by molar-refractivity contribution is -0.144. The number of nitrogens with two attached hydrogens (primary N) is 1. The number of fused-ring (bicyclic) bond motifs is 1. The summed E-state index contributed by atoms with van der Waals surface area (Å²) in [5.41, 5.74) is 14.1. The number of carbonyl (C=O) groups is 3. The molecule has 2 fully saturated rings. The minimum atomic E-state index is -0.931. The molecule has 21 heteroatoms. The third-order valence-electron chi connectivity index (χ3n) is 13.5. The number of nitrogens with zero attached hydrogens (tertiary/aromatic N) is 8. The number of rotatable bonds is 24. The van der Waals surface area contributed by atoms with Crippen LogP contribution in [-0.2, 0) is 39.9 Å². The maximum atomic E-state index is 15.8. The van der Waals surface area contributed by atoms with E-state index in [4.69, 9.17) is 29.7 Å². The molecule has 2 aliphatic rings. The van der Waals surface area contributed by atoms with Crippen LogP contribution in [0.2, 0.25) is 0 Å². The summed E-state index contributed by atoms with van der Waals surface area (Å²) in [6, 6.07) is 18.8. The smallest absolute Gasteiger partial charge is 0.246 e. The van der Waals surface area contributed by atoms with E-state index in [0.717, 1.165) is 52.6 Å². The normalized spacial score (nSPS) is 16.6. The largest absolute Gasteiger partial charge is 0.391 e. The number of aryl methyl sites for hydroxylation is 2. The number of β-amino-alcohol motifs (C(OH)–C–C–N with tert-alkyl or cyclic N) is 1. The highest BCUT2D eigenvalue weighted by Crippen LogP contribution is 2.31. The number of anilines is 2. The van der Waals surface area contributed by atoms with Gasteiger partial charge in [-0.15, -0.1) is 11.3 Å². The fourth-order valence-electron chi connectivity index (χ4n) is 9.39. The molecule has 2 aliphatic heterocycles. The molecule has 19 nitrogen and oxygen atoms in total. The molecular formula is C55H70FN11O8S. The zero-order chi connectivity index (χ0) is 53.8. The zero-order valence-corrected chi connectivity index (χ0v) is 44.8. The number of halogens is 1. The standard InChI is InChI=1S/C55H70FN11O8S/c1-36-50(76-35-60-36)39-8-6-38(7-9-39)33-59-53(70)47-32-42(68)34-66(47)54(71)51(55(3,4)5)63-49(69)15-22-72-24-26-74-28-29-75-27-25-73-23-21-64-17-19-65(20-18-64)46-13-10-41(31-43(46)56)67-37(2)61-45-12-11-44(62-52(45)67)40-14-16-58-48(57)30-40/h6-14,16,30-31,35,42,47,51,68H,15,17-29,32-34H2,1-5H3,(H2,57,58)(H,59,70)(H,63,69)/t42?,47-,51+/m0/s1. The summed E-state index contributed by atoms with van der Waals surface area (Å²) in [4.78, 5) is 65.3. The molecule has 8 rings (SSSR count). The molecule has 0 aliphatic carbocycles. The van der Waals surface area contributed by atoms with E-state index in [2.05, 4.69) is 35.4 Å². The predicted octanol–water partition coefficient (Wildman–Crippen LogP) is 5.33. The number of aliphatic hydroxyl groups excluding tert-OH is 1. The van der Waals surface area contributed by atoms with Crippen LogP contribution in [0.1, 0.15) is 50.7 Å². The minimum absolute atomic E-state index is 0.00624. The molecule has 6 heterocycles. The maximum Gasteiger partial charge on any atom is 0.246 e. The third-order valence-corrected chi connectivity index (χ3v) is 14.5. The van der Waals surface area contributed by atoms with Crippen molar-refractivity contribution < 1.29 is 42.8 Å². The van der Waals surface area contributed by atoms with Crippen LogP contribution >= 0.6 is 11.3 Å². The summed E-state index contributed by atoms with van der Waals surface area (Å²) in [5, 5.41) is 16.4. The van der Waals surface area contributed by atoms with Gasteiger partial charge in [0.2, 0.25) is 17.7 Å². The Morgan fingerprint density at radius 1 is 0.842 bits per heavy atom. The van der Waals surface area contributed by atoms with Gasteiger partial charge in [-0.2, -0.15) is 0 Å². The third kappa shape index (κ3) is 14.5. The Balaban J connectivity index is 0.654. The number of hydrogen-bond donors (Lipinski definition) is 4. The Bertz CT molecular complexity index is 2910. The Labute approximate surface area is 446 Å². The first-order valence-corrected chi connectivity index (χ1v) is 26.7. The van der Waals surface area contributed by atoms with E-state index in [1.807, 2.05) is 99.3 Å². The Morgan fingerprint density at radius 3 is 2.20 bits per heavy atom. The topological polar surface area (TPSA) is 225 Å². The molecule has 1 unspecified atom stereocenters. The van der Waals surface area contributed by atoms with Gasteiger partial charge in [0.05, 0.1) is 92.1 Å². The lowest BCUT2D eigenvalue weighted by atomic mass is 9.85. The molecular weight excluding hydrogens is 994 g/mol. The highest BCUT2D eigenvalue weighted by molar-refractivity contribution is 7.13. The fraction of sp³-hybridized carbons (Fsp3) is 0.473. The van der Waals surface area contributed by atoms with Crippen LogP contribution in [0.15, 0.2) is 78.4 Å². The number of thiazole rings is 1. The van der Waals surface area contributed by atoms with Crippen molar-refractivity contribution in [2.45, 2.75) is 72.2 Å². The van der Waals surface area contributed by atoms with Crippen molar-refractivity contribution in [3.8, 4) is 27.4 Å². The van der Waals surface area contributed by atoms with Gasteiger partial charge in [-0.05, 0) is 66.8 Å². The van der Waals surface area contributed by atoms with Crippen molar-refractivity contribution in [1.82, 2.24) is 44.9 Å². The summed E-state index contributed by atoms with van der Waals surface area (Å²) in [6.45, 7) is 16.3. The van der Waals surface area contributed by atoms with Crippen molar-refractivity contribution in [2.75, 3.05) is 103 Å². The van der Waals surface area contributed by atoms with Gasteiger partial charge in [0.25, 0.3) is 0 Å². The number of imidazole rings is 1. The fourth-order valence-corrected chi connectivity index (χ4v) is 10.2. The monoisotopic (exact) mass is 1060 g/mol. The second-order valence-electron chi connectivity index (χ2n) is 20.1. The first-order valence-electron chi connectivity index (χ1n) is 25.8. The molecule has 0 spiro atoms. The summed E-state index contributed by atoms with van der Waals surface area (Å²) >= 11 is 1.57. The van der Waals surface area contributed by atoms with Gasteiger partial charge < -0.3 is 50.2 Å². The van der Waals surface area contributed by atoms with E-state index < -0.39 is 29.5 Å². The van der Waals surface area contributed by atoms with E-state index in [9.17, 15) is 19.5 Å². The maximum absolute atomic E-state index is 15.8.